The Morgan fingerprint density at radius 3 is 2.56 bits per heavy atom. The van der Waals surface area contributed by atoms with Crippen LogP contribution in [0.25, 0.3) is 0 Å². The van der Waals surface area contributed by atoms with Crippen LogP contribution in [0, 0.1) is 11.3 Å². The van der Waals surface area contributed by atoms with Gasteiger partial charge in [0.1, 0.15) is 11.8 Å². The summed E-state index contributed by atoms with van der Waals surface area (Å²) in [5.74, 6) is 0.547. The van der Waals surface area contributed by atoms with E-state index >= 15 is 0 Å². The van der Waals surface area contributed by atoms with Crippen LogP contribution in [0.15, 0.2) is 40.9 Å². The monoisotopic (exact) mass is 323 g/mol. The number of benzene rings is 2. The molecule has 0 amide bonds. The molecule has 0 radical (unpaired) electrons. The van der Waals surface area contributed by atoms with Crippen LogP contribution in [-0.4, -0.2) is 5.11 Å². The molecule has 0 bridgehead atoms. The zero-order valence-corrected chi connectivity index (χ0v) is 11.4. The molecule has 0 aliphatic carbocycles. The number of halogens is 2. The Bertz CT molecular complexity index is 637. The van der Waals surface area contributed by atoms with Crippen molar-refractivity contribution >= 4 is 27.5 Å². The summed E-state index contributed by atoms with van der Waals surface area (Å²) in [5, 5.41) is 19.1. The number of aromatic hydroxyl groups is 1. The molecule has 0 aliphatic heterocycles. The molecule has 1 N–H and O–H groups in total. The van der Waals surface area contributed by atoms with E-state index in [0.29, 0.717) is 16.3 Å². The predicted molar refractivity (Wildman–Crippen MR) is 72.0 cm³/mol. The van der Waals surface area contributed by atoms with Gasteiger partial charge in [-0.2, -0.15) is 5.26 Å². The summed E-state index contributed by atoms with van der Waals surface area (Å²) in [6.45, 7) is 0. The summed E-state index contributed by atoms with van der Waals surface area (Å²) in [5.41, 5.74) is 0.374. The van der Waals surface area contributed by atoms with Crippen molar-refractivity contribution in [3.05, 3.63) is 51.5 Å². The fraction of sp³-hybridized carbons (Fsp3) is 0. The van der Waals surface area contributed by atoms with Crippen LogP contribution in [0.5, 0.6) is 17.2 Å². The first-order valence-electron chi connectivity index (χ1n) is 4.96. The number of ether oxygens (including phenoxy) is 1. The van der Waals surface area contributed by atoms with Crippen LogP contribution in [0.2, 0.25) is 5.02 Å². The Kier molecular flexibility index (Phi) is 3.75. The Morgan fingerprint density at radius 1 is 1.17 bits per heavy atom. The van der Waals surface area contributed by atoms with Gasteiger partial charge in [-0.1, -0.05) is 27.5 Å². The quantitative estimate of drug-likeness (QED) is 0.886. The lowest BCUT2D eigenvalue weighted by Crippen LogP contribution is -1.88. The highest BCUT2D eigenvalue weighted by molar-refractivity contribution is 9.10. The third-order valence-corrected chi connectivity index (χ3v) is 2.93. The molecule has 0 aromatic heterocycles. The first kappa shape index (κ1) is 12.7. The number of rotatable bonds is 2. The highest BCUT2D eigenvalue weighted by Crippen LogP contribution is 2.34. The maximum atomic E-state index is 9.67. The van der Waals surface area contributed by atoms with Crippen LogP contribution in [0.3, 0.4) is 0 Å². The topological polar surface area (TPSA) is 53.2 Å². The van der Waals surface area contributed by atoms with Gasteiger partial charge in [0.2, 0.25) is 0 Å². The summed E-state index contributed by atoms with van der Waals surface area (Å²) in [6, 6.07) is 11.6. The van der Waals surface area contributed by atoms with Gasteiger partial charge in [0.25, 0.3) is 0 Å². The molecule has 90 valence electrons. The molecule has 0 heterocycles. The molecule has 2 aromatic carbocycles. The van der Waals surface area contributed by atoms with Gasteiger partial charge in [-0.25, -0.2) is 0 Å². The molecule has 2 aromatic rings. The molecule has 2 rings (SSSR count). The lowest BCUT2D eigenvalue weighted by Gasteiger charge is -2.09. The second kappa shape index (κ2) is 5.30. The van der Waals surface area contributed by atoms with Crippen LogP contribution in [-0.2, 0) is 0 Å². The number of phenols is 1. The van der Waals surface area contributed by atoms with E-state index in [-0.39, 0.29) is 11.5 Å². The predicted octanol–water partition coefficient (Wildman–Crippen LogP) is 4.47. The Labute approximate surface area is 117 Å². The van der Waals surface area contributed by atoms with Crippen molar-refractivity contribution < 1.29 is 9.84 Å². The van der Waals surface area contributed by atoms with Crippen molar-refractivity contribution in [1.29, 1.82) is 5.26 Å². The number of hydrogen-bond donors (Lipinski definition) is 1. The van der Waals surface area contributed by atoms with Crippen LogP contribution in [0.1, 0.15) is 5.56 Å². The maximum absolute atomic E-state index is 9.67. The molecule has 3 nitrogen and oxygen atoms in total. The Morgan fingerprint density at radius 2 is 1.89 bits per heavy atom. The van der Waals surface area contributed by atoms with Crippen molar-refractivity contribution in [2.45, 2.75) is 0 Å². The Balaban J connectivity index is 2.37. The normalized spacial score (nSPS) is 9.83. The fourth-order valence-electron chi connectivity index (χ4n) is 1.37. The summed E-state index contributed by atoms with van der Waals surface area (Å²) in [4.78, 5) is 0. The molecular formula is C13H7BrClNO2. The number of phenolic OH excluding ortho intramolecular Hbond substituents is 1. The van der Waals surface area contributed by atoms with E-state index in [1.54, 1.807) is 30.3 Å². The average molecular weight is 325 g/mol. The molecular weight excluding hydrogens is 318 g/mol. The van der Waals surface area contributed by atoms with E-state index < -0.39 is 0 Å². The molecule has 5 heteroatoms. The zero-order valence-electron chi connectivity index (χ0n) is 9.02. The molecule has 0 atom stereocenters. The fourth-order valence-corrected chi connectivity index (χ4v) is 1.90. The van der Waals surface area contributed by atoms with E-state index in [1.165, 1.54) is 6.07 Å². The van der Waals surface area contributed by atoms with E-state index in [9.17, 15) is 5.11 Å². The molecule has 0 saturated heterocycles. The van der Waals surface area contributed by atoms with Gasteiger partial charge in [-0.15, -0.1) is 0 Å². The van der Waals surface area contributed by atoms with Gasteiger partial charge >= 0.3 is 0 Å². The summed E-state index contributed by atoms with van der Waals surface area (Å²) >= 11 is 9.00. The molecule has 0 saturated carbocycles. The minimum absolute atomic E-state index is 0.0747. The lowest BCUT2D eigenvalue weighted by atomic mass is 10.2. The van der Waals surface area contributed by atoms with E-state index in [4.69, 9.17) is 21.6 Å². The Hall–Kier alpha value is -1.70. The SMILES string of the molecule is N#Cc1cc(Br)ccc1Oc1ccc(Cl)cc1O. The minimum atomic E-state index is -0.0747. The molecule has 0 fully saturated rings. The van der Waals surface area contributed by atoms with E-state index in [1.807, 2.05) is 6.07 Å². The van der Waals surface area contributed by atoms with Crippen molar-refractivity contribution in [1.82, 2.24) is 0 Å². The zero-order chi connectivity index (χ0) is 13.1. The van der Waals surface area contributed by atoms with Crippen LogP contribution >= 0.6 is 27.5 Å². The standard InChI is InChI=1S/C13H7BrClNO2/c14-9-1-3-12(8(5-9)7-16)18-13-4-2-10(15)6-11(13)17/h1-6,17H. The van der Waals surface area contributed by atoms with Gasteiger partial charge < -0.3 is 9.84 Å². The molecule has 0 unspecified atom stereocenters. The second-order valence-electron chi connectivity index (χ2n) is 3.47. The van der Waals surface area contributed by atoms with Gasteiger partial charge in [0.15, 0.2) is 11.5 Å². The minimum Gasteiger partial charge on any atom is -0.504 e. The smallest absolute Gasteiger partial charge is 0.169 e. The van der Waals surface area contributed by atoms with Crippen molar-refractivity contribution in [2.24, 2.45) is 0 Å². The maximum Gasteiger partial charge on any atom is 0.169 e. The second-order valence-corrected chi connectivity index (χ2v) is 4.82. The van der Waals surface area contributed by atoms with Crippen molar-refractivity contribution in [3.8, 4) is 23.3 Å². The van der Waals surface area contributed by atoms with Crippen LogP contribution in [0.4, 0.5) is 0 Å². The highest BCUT2D eigenvalue weighted by atomic mass is 79.9. The molecule has 0 spiro atoms. The van der Waals surface area contributed by atoms with Gasteiger partial charge in [-0.05, 0) is 30.3 Å². The lowest BCUT2D eigenvalue weighted by molar-refractivity contribution is 0.410. The number of hydrogen-bond acceptors (Lipinski definition) is 3. The molecule has 18 heavy (non-hydrogen) atoms. The summed E-state index contributed by atoms with van der Waals surface area (Å²) < 4.78 is 6.27. The van der Waals surface area contributed by atoms with E-state index in [2.05, 4.69) is 15.9 Å². The van der Waals surface area contributed by atoms with E-state index in [0.717, 1.165) is 4.47 Å². The summed E-state index contributed by atoms with van der Waals surface area (Å²) in [6.07, 6.45) is 0. The molecule has 0 aliphatic rings. The number of nitriles is 1. The van der Waals surface area contributed by atoms with Crippen molar-refractivity contribution in [3.63, 3.8) is 0 Å². The third kappa shape index (κ3) is 2.76. The van der Waals surface area contributed by atoms with Gasteiger partial charge in [0, 0.05) is 15.6 Å². The average Bonchev–Trinajstić information content (AvgIpc) is 2.34. The first-order chi connectivity index (χ1) is 8.60. The highest BCUT2D eigenvalue weighted by Gasteiger charge is 2.09. The first-order valence-corrected chi connectivity index (χ1v) is 6.13. The van der Waals surface area contributed by atoms with Gasteiger partial charge in [-0.3, -0.25) is 0 Å². The van der Waals surface area contributed by atoms with Gasteiger partial charge in [0.05, 0.1) is 5.56 Å². The van der Waals surface area contributed by atoms with Crippen molar-refractivity contribution in [2.75, 3.05) is 0 Å². The largest absolute Gasteiger partial charge is 0.504 e. The summed E-state index contributed by atoms with van der Waals surface area (Å²) in [7, 11) is 0. The van der Waals surface area contributed by atoms with Crippen LogP contribution < -0.4 is 4.74 Å². The third-order valence-electron chi connectivity index (χ3n) is 2.20. The number of nitrogens with zero attached hydrogens (tertiary/aromatic N) is 1.